The number of aromatic nitrogens is 2. The summed E-state index contributed by atoms with van der Waals surface area (Å²) in [6, 6.07) is 2.13. The van der Waals surface area contributed by atoms with Crippen molar-refractivity contribution in [3.8, 4) is 11.8 Å². The Bertz CT molecular complexity index is 805. The van der Waals surface area contributed by atoms with Crippen LogP contribution in [-0.2, 0) is 6.42 Å². The Balaban J connectivity index is 2.08. The first-order chi connectivity index (χ1) is 11.7. The number of rotatable bonds is 4. The summed E-state index contributed by atoms with van der Waals surface area (Å²) < 4.78 is 0. The summed E-state index contributed by atoms with van der Waals surface area (Å²) in [7, 11) is 0. The molecule has 4 nitrogen and oxygen atoms in total. The SMILES string of the molecule is CC(C)Cc1c(C2=CCNCC2)[nH]c2ncc(C#CCCO)cc12. The molecule has 0 fully saturated rings. The standard InChI is InChI=1S/C20H25N3O/c1-14(2)11-17-18-12-15(5-3-4-10-24)13-22-20(18)23-19(17)16-6-8-21-9-7-16/h6,12-14,21,24H,4,7-11H2,1-2H3,(H,22,23). The van der Waals surface area contributed by atoms with Crippen molar-refractivity contribution < 1.29 is 5.11 Å². The van der Waals surface area contributed by atoms with E-state index in [1.807, 2.05) is 6.20 Å². The molecule has 0 unspecified atom stereocenters. The lowest BCUT2D eigenvalue weighted by Gasteiger charge is -2.15. The molecule has 24 heavy (non-hydrogen) atoms. The monoisotopic (exact) mass is 323 g/mol. The third kappa shape index (κ3) is 3.69. The molecule has 0 atom stereocenters. The minimum absolute atomic E-state index is 0.0950. The maximum Gasteiger partial charge on any atom is 0.138 e. The predicted octanol–water partition coefficient (Wildman–Crippen LogP) is 2.87. The number of pyridine rings is 1. The van der Waals surface area contributed by atoms with Gasteiger partial charge in [0.1, 0.15) is 5.65 Å². The number of aliphatic hydroxyl groups is 1. The fourth-order valence-electron chi connectivity index (χ4n) is 3.16. The van der Waals surface area contributed by atoms with Crippen molar-refractivity contribution in [2.45, 2.75) is 33.1 Å². The number of fused-ring (bicyclic) bond motifs is 1. The van der Waals surface area contributed by atoms with E-state index in [1.54, 1.807) is 0 Å². The first-order valence-electron chi connectivity index (χ1n) is 8.69. The van der Waals surface area contributed by atoms with Gasteiger partial charge < -0.3 is 15.4 Å². The minimum Gasteiger partial charge on any atom is -0.395 e. The maximum atomic E-state index is 8.87. The molecule has 0 saturated heterocycles. The number of H-pyrrole nitrogens is 1. The van der Waals surface area contributed by atoms with E-state index in [4.69, 9.17) is 5.11 Å². The quantitative estimate of drug-likeness (QED) is 0.758. The Hall–Kier alpha value is -2.09. The van der Waals surface area contributed by atoms with E-state index in [0.29, 0.717) is 12.3 Å². The summed E-state index contributed by atoms with van der Waals surface area (Å²) >= 11 is 0. The van der Waals surface area contributed by atoms with Gasteiger partial charge in [0.25, 0.3) is 0 Å². The second-order valence-corrected chi connectivity index (χ2v) is 6.66. The van der Waals surface area contributed by atoms with Gasteiger partial charge in [-0.05, 0) is 42.5 Å². The van der Waals surface area contributed by atoms with E-state index in [1.165, 1.54) is 22.2 Å². The molecule has 1 aliphatic rings. The molecule has 0 radical (unpaired) electrons. The summed E-state index contributed by atoms with van der Waals surface area (Å²) in [6.07, 6.45) is 6.65. The lowest BCUT2D eigenvalue weighted by atomic mass is 9.95. The van der Waals surface area contributed by atoms with E-state index < -0.39 is 0 Å². The van der Waals surface area contributed by atoms with Gasteiger partial charge in [-0.25, -0.2) is 4.98 Å². The summed E-state index contributed by atoms with van der Waals surface area (Å²) in [6.45, 7) is 6.54. The number of nitrogens with zero attached hydrogens (tertiary/aromatic N) is 1. The normalized spacial score (nSPS) is 14.6. The van der Waals surface area contributed by atoms with Crippen LogP contribution in [-0.4, -0.2) is 34.8 Å². The van der Waals surface area contributed by atoms with Gasteiger partial charge >= 0.3 is 0 Å². The van der Waals surface area contributed by atoms with E-state index in [-0.39, 0.29) is 6.61 Å². The fourth-order valence-corrected chi connectivity index (χ4v) is 3.16. The van der Waals surface area contributed by atoms with Crippen LogP contribution < -0.4 is 5.32 Å². The zero-order chi connectivity index (χ0) is 16.9. The number of aromatic amines is 1. The molecule has 3 rings (SSSR count). The predicted molar refractivity (Wildman–Crippen MR) is 98.7 cm³/mol. The van der Waals surface area contributed by atoms with Crippen LogP contribution in [0.2, 0.25) is 0 Å². The third-order valence-corrected chi connectivity index (χ3v) is 4.22. The highest BCUT2D eigenvalue weighted by molar-refractivity contribution is 5.88. The average Bonchev–Trinajstić information content (AvgIpc) is 2.93. The van der Waals surface area contributed by atoms with E-state index in [0.717, 1.165) is 37.1 Å². The van der Waals surface area contributed by atoms with Gasteiger partial charge in [-0.2, -0.15) is 0 Å². The lowest BCUT2D eigenvalue weighted by Crippen LogP contribution is -2.20. The van der Waals surface area contributed by atoms with Crippen molar-refractivity contribution in [2.75, 3.05) is 19.7 Å². The zero-order valence-corrected chi connectivity index (χ0v) is 14.4. The van der Waals surface area contributed by atoms with Gasteiger partial charge in [-0.15, -0.1) is 0 Å². The molecule has 0 spiro atoms. The molecular weight excluding hydrogens is 298 g/mol. The van der Waals surface area contributed by atoms with Crippen LogP contribution in [0.1, 0.15) is 43.5 Å². The van der Waals surface area contributed by atoms with Crippen LogP contribution >= 0.6 is 0 Å². The summed E-state index contributed by atoms with van der Waals surface area (Å²) in [5.41, 5.74) is 5.83. The molecular formula is C20H25N3O. The lowest BCUT2D eigenvalue weighted by molar-refractivity contribution is 0.305. The van der Waals surface area contributed by atoms with Crippen LogP contribution in [0.25, 0.3) is 16.6 Å². The molecule has 126 valence electrons. The number of hydrogen-bond acceptors (Lipinski definition) is 3. The first kappa shape index (κ1) is 16.8. The van der Waals surface area contributed by atoms with Gasteiger partial charge in [0, 0.05) is 35.8 Å². The molecule has 0 bridgehead atoms. The van der Waals surface area contributed by atoms with E-state index >= 15 is 0 Å². The van der Waals surface area contributed by atoms with Crippen molar-refractivity contribution in [3.05, 3.63) is 35.2 Å². The number of aliphatic hydroxyl groups excluding tert-OH is 1. The Morgan fingerprint density at radius 1 is 1.38 bits per heavy atom. The molecule has 0 amide bonds. The Labute approximate surface area is 143 Å². The van der Waals surface area contributed by atoms with Gasteiger partial charge in [0.05, 0.1) is 6.61 Å². The van der Waals surface area contributed by atoms with E-state index in [2.05, 4.69) is 53.1 Å². The van der Waals surface area contributed by atoms with Gasteiger partial charge in [-0.3, -0.25) is 0 Å². The smallest absolute Gasteiger partial charge is 0.138 e. The average molecular weight is 323 g/mol. The van der Waals surface area contributed by atoms with Crippen LogP contribution in [0.3, 0.4) is 0 Å². The Morgan fingerprint density at radius 3 is 2.96 bits per heavy atom. The first-order valence-corrected chi connectivity index (χ1v) is 8.69. The second-order valence-electron chi connectivity index (χ2n) is 6.66. The molecule has 1 aliphatic heterocycles. The molecule has 4 heteroatoms. The second kappa shape index (κ2) is 7.65. The summed E-state index contributed by atoms with van der Waals surface area (Å²) in [5.74, 6) is 6.65. The highest BCUT2D eigenvalue weighted by Crippen LogP contribution is 2.31. The van der Waals surface area contributed by atoms with Crippen molar-refractivity contribution in [3.63, 3.8) is 0 Å². The Morgan fingerprint density at radius 2 is 2.25 bits per heavy atom. The number of nitrogens with one attached hydrogen (secondary N) is 2. The van der Waals surface area contributed by atoms with Crippen molar-refractivity contribution in [1.29, 1.82) is 0 Å². The van der Waals surface area contributed by atoms with Crippen molar-refractivity contribution in [1.82, 2.24) is 15.3 Å². The molecule has 3 N–H and O–H groups in total. The highest BCUT2D eigenvalue weighted by Gasteiger charge is 2.18. The minimum atomic E-state index is 0.0950. The molecule has 0 aromatic carbocycles. The molecule has 2 aromatic rings. The topological polar surface area (TPSA) is 60.9 Å². The zero-order valence-electron chi connectivity index (χ0n) is 14.4. The van der Waals surface area contributed by atoms with Crippen molar-refractivity contribution in [2.24, 2.45) is 5.92 Å². The molecule has 2 aromatic heterocycles. The third-order valence-electron chi connectivity index (χ3n) is 4.22. The van der Waals surface area contributed by atoms with Crippen molar-refractivity contribution >= 4 is 16.6 Å². The van der Waals surface area contributed by atoms with E-state index in [9.17, 15) is 0 Å². The van der Waals surface area contributed by atoms with Crippen LogP contribution in [0.5, 0.6) is 0 Å². The summed E-state index contributed by atoms with van der Waals surface area (Å²) in [4.78, 5) is 8.12. The molecule has 3 heterocycles. The van der Waals surface area contributed by atoms with Gasteiger partial charge in [0.2, 0.25) is 0 Å². The van der Waals surface area contributed by atoms with Crippen LogP contribution in [0, 0.1) is 17.8 Å². The highest BCUT2D eigenvalue weighted by atomic mass is 16.2. The largest absolute Gasteiger partial charge is 0.395 e. The fraction of sp³-hybridized carbons (Fsp3) is 0.450. The van der Waals surface area contributed by atoms with Gasteiger partial charge in [-0.1, -0.05) is 31.8 Å². The Kier molecular flexibility index (Phi) is 5.34. The molecule has 0 saturated carbocycles. The molecule has 0 aliphatic carbocycles. The van der Waals surface area contributed by atoms with Gasteiger partial charge in [0.15, 0.2) is 0 Å². The van der Waals surface area contributed by atoms with Crippen LogP contribution in [0.4, 0.5) is 0 Å². The van der Waals surface area contributed by atoms with Crippen LogP contribution in [0.15, 0.2) is 18.3 Å². The maximum absolute atomic E-state index is 8.87. The number of hydrogen-bond donors (Lipinski definition) is 3. The summed E-state index contributed by atoms with van der Waals surface area (Å²) in [5, 5.41) is 13.4.